The molecule has 0 spiro atoms. The molecule has 2 amide bonds. The van der Waals surface area contributed by atoms with Crippen LogP contribution in [0, 0.1) is 18.3 Å². The Balaban J connectivity index is 1.51. The second kappa shape index (κ2) is 10.4. The van der Waals surface area contributed by atoms with Crippen LogP contribution in [-0.4, -0.2) is 16.0 Å². The van der Waals surface area contributed by atoms with Gasteiger partial charge in [-0.05, 0) is 54.1 Å². The van der Waals surface area contributed by atoms with Crippen molar-refractivity contribution in [3.8, 4) is 11.8 Å². The summed E-state index contributed by atoms with van der Waals surface area (Å²) in [6, 6.07) is 20.1. The first kappa shape index (κ1) is 23.9. The summed E-state index contributed by atoms with van der Waals surface area (Å²) in [5.41, 5.74) is 3.77. The Morgan fingerprint density at radius 1 is 1.06 bits per heavy atom. The number of ether oxygens (including phenoxy) is 1. The van der Waals surface area contributed by atoms with Gasteiger partial charge >= 0.3 is 0 Å². The van der Waals surface area contributed by atoms with Gasteiger partial charge in [0.25, 0.3) is 11.1 Å². The first-order valence-electron chi connectivity index (χ1n) is 10.3. The zero-order valence-electron chi connectivity index (χ0n) is 18.0. The Morgan fingerprint density at radius 3 is 2.41 bits per heavy atom. The zero-order valence-corrected chi connectivity index (χ0v) is 20.4. The molecule has 5 nitrogen and oxygen atoms in total. The lowest BCUT2D eigenvalue weighted by Crippen LogP contribution is -2.27. The van der Waals surface area contributed by atoms with E-state index in [1.54, 1.807) is 36.4 Å². The minimum atomic E-state index is -0.365. The molecule has 170 valence electrons. The predicted octanol–water partition coefficient (Wildman–Crippen LogP) is 6.99. The van der Waals surface area contributed by atoms with Crippen LogP contribution in [0.4, 0.5) is 4.79 Å². The Morgan fingerprint density at radius 2 is 1.74 bits per heavy atom. The number of carbonyl (C=O) groups is 2. The van der Waals surface area contributed by atoms with Crippen LogP contribution in [0.2, 0.25) is 10.0 Å². The van der Waals surface area contributed by atoms with Gasteiger partial charge in [-0.25, -0.2) is 0 Å². The van der Waals surface area contributed by atoms with Crippen LogP contribution in [0.3, 0.4) is 0 Å². The van der Waals surface area contributed by atoms with Gasteiger partial charge in [0.1, 0.15) is 6.61 Å². The van der Waals surface area contributed by atoms with Crippen molar-refractivity contribution < 1.29 is 14.3 Å². The molecule has 0 radical (unpaired) electrons. The lowest BCUT2D eigenvalue weighted by atomic mass is 10.1. The third kappa shape index (κ3) is 5.28. The molecule has 0 aliphatic carbocycles. The number of amides is 2. The first-order chi connectivity index (χ1) is 16.4. The molecule has 3 aromatic rings. The molecule has 1 heterocycles. The van der Waals surface area contributed by atoms with Crippen LogP contribution in [0.25, 0.3) is 6.08 Å². The van der Waals surface area contributed by atoms with Crippen LogP contribution in [0.15, 0.2) is 65.6 Å². The third-order valence-electron chi connectivity index (χ3n) is 5.16. The largest absolute Gasteiger partial charge is 0.486 e. The normalized spacial score (nSPS) is 14.5. The van der Waals surface area contributed by atoms with Gasteiger partial charge in [-0.1, -0.05) is 71.2 Å². The molecule has 1 aliphatic rings. The molecule has 0 atom stereocenters. The fourth-order valence-corrected chi connectivity index (χ4v) is 4.82. The Bertz CT molecular complexity index is 1320. The summed E-state index contributed by atoms with van der Waals surface area (Å²) in [6.07, 6.45) is 1.59. The summed E-state index contributed by atoms with van der Waals surface area (Å²) in [4.78, 5) is 26.8. The second-order valence-electron chi connectivity index (χ2n) is 7.62. The van der Waals surface area contributed by atoms with Crippen LogP contribution < -0.4 is 4.74 Å². The van der Waals surface area contributed by atoms with Crippen LogP contribution in [0.5, 0.6) is 5.75 Å². The van der Waals surface area contributed by atoms with Crippen molar-refractivity contribution in [1.82, 2.24) is 4.90 Å². The molecular weight excluding hydrogens is 491 g/mol. The topological polar surface area (TPSA) is 70.4 Å². The molecule has 1 aliphatic heterocycles. The zero-order chi connectivity index (χ0) is 24.2. The van der Waals surface area contributed by atoms with Crippen molar-refractivity contribution in [1.29, 1.82) is 5.26 Å². The summed E-state index contributed by atoms with van der Waals surface area (Å²) in [5.74, 6) is -0.0861. The van der Waals surface area contributed by atoms with E-state index in [1.165, 1.54) is 4.90 Å². The molecule has 8 heteroatoms. The van der Waals surface area contributed by atoms with Crippen molar-refractivity contribution in [2.75, 3.05) is 0 Å². The SMILES string of the molecule is Cc1ccc(CN2C(=O)S/C(=C\c3cc(Cl)c(OCc4ccccc4C#N)c(Cl)c3)C2=O)cc1. The molecular formula is C26H18Cl2N2O3S. The number of imide groups is 1. The highest BCUT2D eigenvalue weighted by molar-refractivity contribution is 8.18. The summed E-state index contributed by atoms with van der Waals surface area (Å²) in [6.45, 7) is 2.31. The summed E-state index contributed by atoms with van der Waals surface area (Å²) in [7, 11) is 0. The van der Waals surface area contributed by atoms with Crippen LogP contribution in [0.1, 0.15) is 27.8 Å². The van der Waals surface area contributed by atoms with E-state index < -0.39 is 0 Å². The fraction of sp³-hybridized carbons (Fsp3) is 0.115. The van der Waals surface area contributed by atoms with Crippen LogP contribution >= 0.6 is 35.0 Å². The number of aryl methyl sites for hydroxylation is 1. The molecule has 0 unspecified atom stereocenters. The van der Waals surface area contributed by atoms with Gasteiger partial charge in [0.15, 0.2) is 5.75 Å². The minimum Gasteiger partial charge on any atom is -0.486 e. The van der Waals surface area contributed by atoms with Gasteiger partial charge in [-0.2, -0.15) is 5.26 Å². The van der Waals surface area contributed by atoms with Gasteiger partial charge in [0.05, 0.1) is 33.1 Å². The molecule has 0 aromatic heterocycles. The molecule has 34 heavy (non-hydrogen) atoms. The maximum absolute atomic E-state index is 12.8. The van der Waals surface area contributed by atoms with Crippen molar-refractivity contribution in [2.24, 2.45) is 0 Å². The number of nitrogens with zero attached hydrogens (tertiary/aromatic N) is 2. The van der Waals surface area contributed by atoms with Gasteiger partial charge in [0, 0.05) is 5.56 Å². The lowest BCUT2D eigenvalue weighted by Gasteiger charge is -2.13. The number of rotatable bonds is 6. The van der Waals surface area contributed by atoms with Gasteiger partial charge in [-0.15, -0.1) is 0 Å². The number of thioether (sulfide) groups is 1. The van der Waals surface area contributed by atoms with E-state index >= 15 is 0 Å². The average Bonchev–Trinajstić information content (AvgIpc) is 3.07. The molecule has 0 bridgehead atoms. The quantitative estimate of drug-likeness (QED) is 0.335. The first-order valence-corrected chi connectivity index (χ1v) is 11.8. The van der Waals surface area contributed by atoms with Crippen molar-refractivity contribution in [3.63, 3.8) is 0 Å². The summed E-state index contributed by atoms with van der Waals surface area (Å²) < 4.78 is 5.78. The minimum absolute atomic E-state index is 0.125. The van der Waals surface area contributed by atoms with Crippen molar-refractivity contribution in [3.05, 3.63) is 103 Å². The number of carbonyl (C=O) groups excluding carboxylic acids is 2. The second-order valence-corrected chi connectivity index (χ2v) is 9.43. The van der Waals surface area contributed by atoms with E-state index in [9.17, 15) is 14.9 Å². The van der Waals surface area contributed by atoms with Crippen molar-refractivity contribution in [2.45, 2.75) is 20.1 Å². The maximum Gasteiger partial charge on any atom is 0.293 e. The van der Waals surface area contributed by atoms with E-state index in [0.29, 0.717) is 21.6 Å². The summed E-state index contributed by atoms with van der Waals surface area (Å²) >= 11 is 13.7. The molecule has 1 saturated heterocycles. The molecule has 3 aromatic carbocycles. The lowest BCUT2D eigenvalue weighted by molar-refractivity contribution is -0.123. The third-order valence-corrected chi connectivity index (χ3v) is 6.63. The van der Waals surface area contributed by atoms with E-state index in [1.807, 2.05) is 37.3 Å². The molecule has 0 saturated carbocycles. The Hall–Kier alpha value is -3.24. The Labute approximate surface area is 211 Å². The monoisotopic (exact) mass is 508 g/mol. The standard InChI is InChI=1S/C26H18Cl2N2O3S/c1-16-6-8-17(9-7-16)14-30-25(31)23(34-26(30)32)12-18-10-21(27)24(22(28)11-18)33-15-20-5-3-2-4-19(20)13-29/h2-12H,14-15H2,1H3/b23-12-. The van der Waals surface area contributed by atoms with E-state index in [4.69, 9.17) is 27.9 Å². The predicted molar refractivity (Wildman–Crippen MR) is 135 cm³/mol. The number of nitriles is 1. The Kier molecular flexibility index (Phi) is 7.28. The maximum atomic E-state index is 12.8. The highest BCUT2D eigenvalue weighted by Crippen LogP contribution is 2.38. The number of hydrogen-bond acceptors (Lipinski definition) is 5. The van der Waals surface area contributed by atoms with Crippen molar-refractivity contribution >= 4 is 52.2 Å². The number of halogens is 2. The van der Waals surface area contributed by atoms with E-state index in [2.05, 4.69) is 6.07 Å². The molecule has 1 fully saturated rings. The molecule has 4 rings (SSSR count). The van der Waals surface area contributed by atoms with E-state index in [0.717, 1.165) is 22.9 Å². The van der Waals surface area contributed by atoms with Gasteiger partial charge in [-0.3, -0.25) is 14.5 Å². The molecule has 0 N–H and O–H groups in total. The summed E-state index contributed by atoms with van der Waals surface area (Å²) in [5, 5.41) is 9.41. The number of hydrogen-bond donors (Lipinski definition) is 0. The highest BCUT2D eigenvalue weighted by Gasteiger charge is 2.35. The average molecular weight is 509 g/mol. The highest BCUT2D eigenvalue weighted by atomic mass is 35.5. The smallest absolute Gasteiger partial charge is 0.293 e. The van der Waals surface area contributed by atoms with Crippen LogP contribution in [-0.2, 0) is 17.9 Å². The van der Waals surface area contributed by atoms with Gasteiger partial charge < -0.3 is 4.74 Å². The fourth-order valence-electron chi connectivity index (χ4n) is 3.37. The van der Waals surface area contributed by atoms with E-state index in [-0.39, 0.29) is 40.1 Å². The number of benzene rings is 3. The van der Waals surface area contributed by atoms with Gasteiger partial charge in [0.2, 0.25) is 0 Å².